The number of hydrogen-bond donors (Lipinski definition) is 0. The second kappa shape index (κ2) is 6.48. The van der Waals surface area contributed by atoms with Gasteiger partial charge in [0.05, 0.1) is 11.3 Å². The smallest absolute Gasteiger partial charge is 0.150 e. The number of aromatic nitrogens is 1. The number of benzene rings is 1. The van der Waals surface area contributed by atoms with Crippen molar-refractivity contribution in [1.29, 1.82) is 5.26 Å². The monoisotopic (exact) mass is 265 g/mol. The van der Waals surface area contributed by atoms with Gasteiger partial charge in [-0.05, 0) is 42.3 Å². The second-order valence-electron chi connectivity index (χ2n) is 4.53. The van der Waals surface area contributed by atoms with Crippen molar-refractivity contribution in [1.82, 2.24) is 4.98 Å². The van der Waals surface area contributed by atoms with Gasteiger partial charge in [-0.1, -0.05) is 0 Å². The van der Waals surface area contributed by atoms with Gasteiger partial charge in [0, 0.05) is 31.5 Å². The van der Waals surface area contributed by atoms with Crippen molar-refractivity contribution >= 4 is 12.0 Å². The minimum Gasteiger partial charge on any atom is -0.373 e. The maximum atomic E-state index is 10.7. The molecule has 0 bridgehead atoms. The fourth-order valence-corrected chi connectivity index (χ4v) is 2.02. The average Bonchev–Trinajstić information content (AvgIpc) is 2.52. The Hall–Kier alpha value is -2.67. The molecule has 1 aromatic heterocycles. The molecule has 0 radical (unpaired) electrons. The summed E-state index contributed by atoms with van der Waals surface area (Å²) in [6.07, 6.45) is 5.17. The maximum Gasteiger partial charge on any atom is 0.150 e. The van der Waals surface area contributed by atoms with Gasteiger partial charge in [0.25, 0.3) is 0 Å². The van der Waals surface area contributed by atoms with Crippen molar-refractivity contribution in [3.8, 4) is 6.07 Å². The van der Waals surface area contributed by atoms with E-state index in [0.717, 1.165) is 24.9 Å². The van der Waals surface area contributed by atoms with Gasteiger partial charge in [-0.3, -0.25) is 9.78 Å². The lowest BCUT2D eigenvalue weighted by atomic mass is 10.1. The third kappa shape index (κ3) is 3.21. The van der Waals surface area contributed by atoms with Crippen LogP contribution in [0.5, 0.6) is 0 Å². The Bertz CT molecular complexity index is 632. The van der Waals surface area contributed by atoms with E-state index in [0.29, 0.717) is 11.1 Å². The first-order valence-corrected chi connectivity index (χ1v) is 6.34. The lowest BCUT2D eigenvalue weighted by Crippen LogP contribution is -2.21. The van der Waals surface area contributed by atoms with Crippen LogP contribution in [-0.2, 0) is 6.42 Å². The molecule has 0 saturated carbocycles. The first kappa shape index (κ1) is 13.8. The molecule has 4 heteroatoms. The van der Waals surface area contributed by atoms with Gasteiger partial charge in [0.2, 0.25) is 0 Å². The predicted octanol–water partition coefficient (Wildman–Crippen LogP) is 2.44. The Balaban J connectivity index is 2.11. The van der Waals surface area contributed by atoms with E-state index in [1.165, 1.54) is 5.56 Å². The van der Waals surface area contributed by atoms with Crippen LogP contribution in [0.1, 0.15) is 21.5 Å². The first-order chi connectivity index (χ1) is 9.74. The van der Waals surface area contributed by atoms with Crippen molar-refractivity contribution in [3.05, 3.63) is 59.4 Å². The number of anilines is 1. The molecule has 2 aromatic rings. The predicted molar refractivity (Wildman–Crippen MR) is 77.8 cm³/mol. The number of carbonyl (C=O) groups excluding carboxylic acids is 1. The lowest BCUT2D eigenvalue weighted by molar-refractivity contribution is 0.112. The minimum absolute atomic E-state index is 0.520. The van der Waals surface area contributed by atoms with Gasteiger partial charge in [-0.2, -0.15) is 5.26 Å². The summed E-state index contributed by atoms with van der Waals surface area (Å²) in [7, 11) is 1.94. The third-order valence-corrected chi connectivity index (χ3v) is 3.17. The molecule has 0 atom stereocenters. The highest BCUT2D eigenvalue weighted by molar-refractivity contribution is 5.78. The Morgan fingerprint density at radius 1 is 1.30 bits per heavy atom. The molecule has 0 unspecified atom stereocenters. The molecular formula is C16H15N3O. The van der Waals surface area contributed by atoms with E-state index in [1.807, 2.05) is 30.1 Å². The zero-order valence-electron chi connectivity index (χ0n) is 11.3. The molecule has 0 spiro atoms. The van der Waals surface area contributed by atoms with Crippen molar-refractivity contribution in [3.63, 3.8) is 0 Å². The quantitative estimate of drug-likeness (QED) is 0.779. The van der Waals surface area contributed by atoms with E-state index in [4.69, 9.17) is 0 Å². The Kier molecular flexibility index (Phi) is 4.46. The molecule has 0 aliphatic heterocycles. The van der Waals surface area contributed by atoms with E-state index in [2.05, 4.69) is 11.1 Å². The molecule has 4 nitrogen and oxygen atoms in total. The minimum atomic E-state index is 0.520. The molecule has 20 heavy (non-hydrogen) atoms. The number of hydrogen-bond acceptors (Lipinski definition) is 4. The molecule has 0 saturated heterocycles. The van der Waals surface area contributed by atoms with Gasteiger partial charge in [-0.15, -0.1) is 0 Å². The molecule has 0 aliphatic carbocycles. The van der Waals surface area contributed by atoms with Crippen LogP contribution in [-0.4, -0.2) is 24.9 Å². The summed E-state index contributed by atoms with van der Waals surface area (Å²) in [5.74, 6) is 0. The highest BCUT2D eigenvalue weighted by Gasteiger charge is 2.08. The van der Waals surface area contributed by atoms with Crippen molar-refractivity contribution < 1.29 is 4.79 Å². The summed E-state index contributed by atoms with van der Waals surface area (Å²) in [5, 5.41) is 9.17. The zero-order valence-corrected chi connectivity index (χ0v) is 11.3. The molecular weight excluding hydrogens is 250 g/mol. The largest absolute Gasteiger partial charge is 0.373 e. The van der Waals surface area contributed by atoms with E-state index in [1.54, 1.807) is 24.5 Å². The van der Waals surface area contributed by atoms with Crippen LogP contribution < -0.4 is 4.90 Å². The number of pyridine rings is 1. The van der Waals surface area contributed by atoms with E-state index >= 15 is 0 Å². The summed E-state index contributed by atoms with van der Waals surface area (Å²) >= 11 is 0. The van der Waals surface area contributed by atoms with Crippen LogP contribution in [0, 0.1) is 11.3 Å². The number of carbonyl (C=O) groups is 1. The highest BCUT2D eigenvalue weighted by Crippen LogP contribution is 2.20. The lowest BCUT2D eigenvalue weighted by Gasteiger charge is -2.20. The SMILES string of the molecule is CN(CCc1ccncc1)c1ccc(C=O)cc1C#N. The van der Waals surface area contributed by atoms with Crippen molar-refractivity contribution in [2.75, 3.05) is 18.5 Å². The molecule has 100 valence electrons. The molecule has 2 rings (SSSR count). The molecule has 0 amide bonds. The summed E-state index contributed by atoms with van der Waals surface area (Å²) in [6, 6.07) is 11.3. The standard InChI is InChI=1S/C16H15N3O/c1-19(9-6-13-4-7-18-8-5-13)16-3-2-14(12-20)10-15(16)11-17/h2-5,7-8,10,12H,6,9H2,1H3. The Labute approximate surface area is 118 Å². The van der Waals surface area contributed by atoms with Crippen LogP contribution in [0.25, 0.3) is 0 Å². The van der Waals surface area contributed by atoms with E-state index in [9.17, 15) is 10.1 Å². The molecule has 0 N–H and O–H groups in total. The second-order valence-corrected chi connectivity index (χ2v) is 4.53. The number of nitrogens with zero attached hydrogens (tertiary/aromatic N) is 3. The Morgan fingerprint density at radius 3 is 2.70 bits per heavy atom. The van der Waals surface area contributed by atoms with E-state index < -0.39 is 0 Å². The molecule has 0 fully saturated rings. The number of rotatable bonds is 5. The Morgan fingerprint density at radius 2 is 2.05 bits per heavy atom. The summed E-state index contributed by atoms with van der Waals surface area (Å²) < 4.78 is 0. The molecule has 1 heterocycles. The topological polar surface area (TPSA) is 57.0 Å². The third-order valence-electron chi connectivity index (χ3n) is 3.17. The normalized spacial score (nSPS) is 9.80. The molecule has 1 aromatic carbocycles. The van der Waals surface area contributed by atoms with Crippen molar-refractivity contribution in [2.45, 2.75) is 6.42 Å². The van der Waals surface area contributed by atoms with Crippen LogP contribution >= 0.6 is 0 Å². The summed E-state index contributed by atoms with van der Waals surface area (Å²) in [4.78, 5) is 16.7. The van der Waals surface area contributed by atoms with Crippen molar-refractivity contribution in [2.24, 2.45) is 0 Å². The first-order valence-electron chi connectivity index (χ1n) is 6.34. The van der Waals surface area contributed by atoms with E-state index in [-0.39, 0.29) is 0 Å². The highest BCUT2D eigenvalue weighted by atomic mass is 16.1. The fourth-order valence-electron chi connectivity index (χ4n) is 2.02. The van der Waals surface area contributed by atoms with Gasteiger partial charge in [0.15, 0.2) is 0 Å². The maximum absolute atomic E-state index is 10.7. The van der Waals surface area contributed by atoms with Crippen LogP contribution in [0.2, 0.25) is 0 Å². The summed E-state index contributed by atoms with van der Waals surface area (Å²) in [5.41, 5.74) is 3.08. The van der Waals surface area contributed by atoms with Gasteiger partial charge in [0.1, 0.15) is 12.4 Å². The van der Waals surface area contributed by atoms with Gasteiger partial charge in [-0.25, -0.2) is 0 Å². The molecule has 0 aliphatic rings. The van der Waals surface area contributed by atoms with Crippen LogP contribution in [0.3, 0.4) is 0 Å². The van der Waals surface area contributed by atoms with Crippen LogP contribution in [0.15, 0.2) is 42.7 Å². The average molecular weight is 265 g/mol. The number of likely N-dealkylation sites (N-methyl/N-ethyl adjacent to an activating group) is 1. The number of nitriles is 1. The van der Waals surface area contributed by atoms with Crippen LogP contribution in [0.4, 0.5) is 5.69 Å². The summed E-state index contributed by atoms with van der Waals surface area (Å²) in [6.45, 7) is 0.791. The van der Waals surface area contributed by atoms with Gasteiger partial charge < -0.3 is 4.90 Å². The van der Waals surface area contributed by atoms with Gasteiger partial charge >= 0.3 is 0 Å². The number of aldehydes is 1. The fraction of sp³-hybridized carbons (Fsp3) is 0.188. The zero-order chi connectivity index (χ0) is 14.4.